The lowest BCUT2D eigenvalue weighted by atomic mass is 10.1. The zero-order valence-electron chi connectivity index (χ0n) is 14.2. The van der Waals surface area contributed by atoms with Crippen LogP contribution in [-0.2, 0) is 9.59 Å². The van der Waals surface area contributed by atoms with Gasteiger partial charge >= 0.3 is 0 Å². The maximum absolute atomic E-state index is 12.6. The molecule has 1 aliphatic heterocycles. The Bertz CT molecular complexity index is 901. The first-order valence-electron chi connectivity index (χ1n) is 7.91. The summed E-state index contributed by atoms with van der Waals surface area (Å²) in [5.41, 5.74) is 3.96. The first-order chi connectivity index (χ1) is 13.0. The molecule has 2 aromatic rings. The number of benzene rings is 2. The number of amides is 2. The maximum Gasteiger partial charge on any atom is 0.285 e. The third-order valence-electron chi connectivity index (χ3n) is 3.75. The van der Waals surface area contributed by atoms with Crippen molar-refractivity contribution in [1.29, 1.82) is 0 Å². The number of nitrogens with one attached hydrogen (secondary N) is 1. The molecule has 2 amide bonds. The molecular formula is C19H15ClN2O3S2. The van der Waals surface area contributed by atoms with Gasteiger partial charge in [-0.25, -0.2) is 0 Å². The number of ether oxygens (including phenoxy) is 1. The quantitative estimate of drug-likeness (QED) is 0.453. The van der Waals surface area contributed by atoms with Gasteiger partial charge in [-0.1, -0.05) is 54.2 Å². The summed E-state index contributed by atoms with van der Waals surface area (Å²) in [6, 6.07) is 16.1. The standard InChI is InChI=1S/C19H15ClN2O3S2/c1-25-14-9-7-12(8-10-14)11-15-18(24)22(19(26)27-15)21-17(23)16(20)13-5-3-2-4-6-13/h2-11,16H,1H3,(H,21,23)/b15-11+. The van der Waals surface area contributed by atoms with Crippen LogP contribution in [0.3, 0.4) is 0 Å². The van der Waals surface area contributed by atoms with Gasteiger partial charge < -0.3 is 4.74 Å². The zero-order valence-corrected chi connectivity index (χ0v) is 16.6. The van der Waals surface area contributed by atoms with Gasteiger partial charge in [-0.05, 0) is 41.6 Å². The number of alkyl halides is 1. The number of carbonyl (C=O) groups excluding carboxylic acids is 2. The Morgan fingerprint density at radius 3 is 2.52 bits per heavy atom. The number of hydrogen-bond donors (Lipinski definition) is 1. The zero-order chi connectivity index (χ0) is 19.4. The second-order valence-corrected chi connectivity index (χ2v) is 7.65. The van der Waals surface area contributed by atoms with E-state index in [9.17, 15) is 9.59 Å². The Balaban J connectivity index is 1.72. The smallest absolute Gasteiger partial charge is 0.285 e. The molecule has 0 aromatic heterocycles. The van der Waals surface area contributed by atoms with E-state index in [4.69, 9.17) is 28.6 Å². The molecule has 0 bridgehead atoms. The number of thiocarbonyl (C=S) groups is 1. The first-order valence-corrected chi connectivity index (χ1v) is 9.57. The highest BCUT2D eigenvalue weighted by atomic mass is 35.5. The van der Waals surface area contributed by atoms with Gasteiger partial charge in [0, 0.05) is 0 Å². The Morgan fingerprint density at radius 2 is 1.89 bits per heavy atom. The molecule has 138 valence electrons. The second kappa shape index (κ2) is 8.56. The summed E-state index contributed by atoms with van der Waals surface area (Å²) in [5.74, 6) is -0.197. The van der Waals surface area contributed by atoms with Gasteiger partial charge in [0.25, 0.3) is 11.8 Å². The molecular weight excluding hydrogens is 404 g/mol. The molecule has 2 aromatic carbocycles. The van der Waals surface area contributed by atoms with Gasteiger partial charge in [0.1, 0.15) is 11.1 Å². The fourth-order valence-corrected chi connectivity index (χ4v) is 3.73. The van der Waals surface area contributed by atoms with Crippen molar-refractivity contribution in [3.63, 3.8) is 0 Å². The fourth-order valence-electron chi connectivity index (χ4n) is 2.36. The number of nitrogens with zero attached hydrogens (tertiary/aromatic N) is 1. The van der Waals surface area contributed by atoms with Crippen LogP contribution >= 0.6 is 35.6 Å². The SMILES string of the molecule is COc1ccc(/C=C2/SC(=S)N(NC(=O)C(Cl)c3ccccc3)C2=O)cc1. The molecule has 27 heavy (non-hydrogen) atoms. The topological polar surface area (TPSA) is 58.6 Å². The van der Waals surface area contributed by atoms with Crippen molar-refractivity contribution in [2.24, 2.45) is 0 Å². The predicted molar refractivity (Wildman–Crippen MR) is 111 cm³/mol. The highest BCUT2D eigenvalue weighted by molar-refractivity contribution is 8.26. The number of carbonyl (C=O) groups is 2. The molecule has 1 heterocycles. The summed E-state index contributed by atoms with van der Waals surface area (Å²) >= 11 is 12.5. The summed E-state index contributed by atoms with van der Waals surface area (Å²) < 4.78 is 5.36. The third-order valence-corrected chi connectivity index (χ3v) is 5.50. The van der Waals surface area contributed by atoms with Gasteiger partial charge in [-0.2, -0.15) is 5.01 Å². The van der Waals surface area contributed by atoms with Crippen LogP contribution in [-0.4, -0.2) is 28.3 Å². The van der Waals surface area contributed by atoms with Gasteiger partial charge in [0.05, 0.1) is 12.0 Å². The monoisotopic (exact) mass is 418 g/mol. The average molecular weight is 419 g/mol. The van der Waals surface area contributed by atoms with Crippen molar-refractivity contribution in [2.75, 3.05) is 7.11 Å². The normalized spacial score (nSPS) is 16.5. The minimum absolute atomic E-state index is 0.241. The molecule has 1 fully saturated rings. The molecule has 0 saturated carbocycles. The highest BCUT2D eigenvalue weighted by Crippen LogP contribution is 2.32. The van der Waals surface area contributed by atoms with Crippen molar-refractivity contribution < 1.29 is 14.3 Å². The molecule has 1 aliphatic rings. The van der Waals surface area contributed by atoms with Crippen LogP contribution in [0.4, 0.5) is 0 Å². The highest BCUT2D eigenvalue weighted by Gasteiger charge is 2.34. The number of hydrogen-bond acceptors (Lipinski definition) is 5. The van der Waals surface area contributed by atoms with Gasteiger partial charge in [-0.3, -0.25) is 15.0 Å². The fraction of sp³-hybridized carbons (Fsp3) is 0.105. The summed E-state index contributed by atoms with van der Waals surface area (Å²) in [7, 11) is 1.59. The molecule has 0 aliphatic carbocycles. The van der Waals surface area contributed by atoms with Gasteiger partial charge in [-0.15, -0.1) is 11.6 Å². The van der Waals surface area contributed by atoms with Crippen LogP contribution in [0.5, 0.6) is 5.75 Å². The van der Waals surface area contributed by atoms with Crippen LogP contribution in [0.2, 0.25) is 0 Å². The van der Waals surface area contributed by atoms with E-state index in [0.29, 0.717) is 10.5 Å². The van der Waals surface area contributed by atoms with Crippen LogP contribution in [0.1, 0.15) is 16.5 Å². The Morgan fingerprint density at radius 1 is 1.22 bits per heavy atom. The van der Waals surface area contributed by atoms with E-state index < -0.39 is 17.2 Å². The van der Waals surface area contributed by atoms with Crippen molar-refractivity contribution in [2.45, 2.75) is 5.38 Å². The molecule has 1 unspecified atom stereocenters. The maximum atomic E-state index is 12.6. The van der Waals surface area contributed by atoms with E-state index in [0.717, 1.165) is 28.1 Å². The average Bonchev–Trinajstić information content (AvgIpc) is 2.96. The van der Waals surface area contributed by atoms with Crippen molar-refractivity contribution in [1.82, 2.24) is 10.4 Å². The second-order valence-electron chi connectivity index (χ2n) is 5.54. The summed E-state index contributed by atoms with van der Waals surface area (Å²) in [4.78, 5) is 25.4. The van der Waals surface area contributed by atoms with E-state index in [1.165, 1.54) is 0 Å². The van der Waals surface area contributed by atoms with E-state index >= 15 is 0 Å². The lowest BCUT2D eigenvalue weighted by Gasteiger charge is -2.18. The number of hydrazine groups is 1. The van der Waals surface area contributed by atoms with Crippen LogP contribution in [0.15, 0.2) is 59.5 Å². The lowest BCUT2D eigenvalue weighted by Crippen LogP contribution is -2.46. The van der Waals surface area contributed by atoms with Crippen molar-refractivity contribution in [3.8, 4) is 5.75 Å². The van der Waals surface area contributed by atoms with E-state index in [2.05, 4.69) is 5.43 Å². The van der Waals surface area contributed by atoms with Crippen molar-refractivity contribution >= 4 is 57.8 Å². The molecule has 5 nitrogen and oxygen atoms in total. The van der Waals surface area contributed by atoms with Crippen LogP contribution in [0, 0.1) is 0 Å². The third kappa shape index (κ3) is 4.50. The minimum Gasteiger partial charge on any atom is -0.497 e. The number of methoxy groups -OCH3 is 1. The predicted octanol–water partition coefficient (Wildman–Crippen LogP) is 3.91. The van der Waals surface area contributed by atoms with Crippen molar-refractivity contribution in [3.05, 3.63) is 70.6 Å². The number of thioether (sulfide) groups is 1. The molecule has 3 rings (SSSR count). The van der Waals surface area contributed by atoms with Gasteiger partial charge in [0.2, 0.25) is 0 Å². The minimum atomic E-state index is -0.929. The Hall–Kier alpha value is -2.35. The Labute approximate surface area is 171 Å². The van der Waals surface area contributed by atoms with E-state index in [-0.39, 0.29) is 4.32 Å². The molecule has 0 radical (unpaired) electrons. The molecule has 8 heteroatoms. The molecule has 1 N–H and O–H groups in total. The lowest BCUT2D eigenvalue weighted by molar-refractivity contribution is -0.132. The summed E-state index contributed by atoms with van der Waals surface area (Å²) in [5, 5.41) is 0.122. The summed E-state index contributed by atoms with van der Waals surface area (Å²) in [6.45, 7) is 0. The first kappa shape index (κ1) is 19.4. The van der Waals surface area contributed by atoms with Crippen LogP contribution in [0.25, 0.3) is 6.08 Å². The van der Waals surface area contributed by atoms with E-state index in [1.807, 2.05) is 18.2 Å². The van der Waals surface area contributed by atoms with E-state index in [1.54, 1.807) is 49.6 Å². The largest absolute Gasteiger partial charge is 0.497 e. The molecule has 1 saturated heterocycles. The number of halogens is 1. The number of rotatable bonds is 5. The molecule has 0 spiro atoms. The van der Waals surface area contributed by atoms with Crippen LogP contribution < -0.4 is 10.2 Å². The molecule has 1 atom stereocenters. The van der Waals surface area contributed by atoms with Gasteiger partial charge in [0.15, 0.2) is 4.32 Å². The summed E-state index contributed by atoms with van der Waals surface area (Å²) in [6.07, 6.45) is 1.71. The Kier molecular flexibility index (Phi) is 6.15.